The van der Waals surface area contributed by atoms with Crippen molar-refractivity contribution in [1.82, 2.24) is 25.2 Å². The van der Waals surface area contributed by atoms with Gasteiger partial charge in [-0.15, -0.1) is 0 Å². The Bertz CT molecular complexity index is 667. The van der Waals surface area contributed by atoms with Crippen LogP contribution in [0.3, 0.4) is 0 Å². The number of rotatable bonds is 7. The minimum atomic E-state index is -3.64. The van der Waals surface area contributed by atoms with Gasteiger partial charge in [0.05, 0.1) is 18.4 Å². The van der Waals surface area contributed by atoms with Gasteiger partial charge in [-0.05, 0) is 12.1 Å². The van der Waals surface area contributed by atoms with Gasteiger partial charge in [-0.3, -0.25) is 10.1 Å². The van der Waals surface area contributed by atoms with Crippen LogP contribution in [0, 0.1) is 0 Å². The third-order valence-electron chi connectivity index (χ3n) is 2.82. The molecular formula is C13H19N5O2S. The summed E-state index contributed by atoms with van der Waals surface area (Å²) in [7, 11) is -3.64. The summed E-state index contributed by atoms with van der Waals surface area (Å²) < 4.78 is 27.1. The predicted molar refractivity (Wildman–Crippen MR) is 78.8 cm³/mol. The topological polar surface area (TPSA) is 99.8 Å². The lowest BCUT2D eigenvalue weighted by atomic mass is 10.3. The van der Waals surface area contributed by atoms with Crippen LogP contribution in [0.4, 0.5) is 0 Å². The minimum absolute atomic E-state index is 0.0894. The van der Waals surface area contributed by atoms with Crippen LogP contribution >= 0.6 is 0 Å². The molecule has 8 heteroatoms. The number of nitrogens with one attached hydrogen (secondary N) is 3. The van der Waals surface area contributed by atoms with Crippen LogP contribution in [0.25, 0.3) is 0 Å². The van der Waals surface area contributed by atoms with Crippen LogP contribution in [-0.4, -0.2) is 29.6 Å². The lowest BCUT2D eigenvalue weighted by Gasteiger charge is -2.09. The highest BCUT2D eigenvalue weighted by Crippen LogP contribution is 2.12. The molecule has 2 rings (SSSR count). The first-order valence-corrected chi connectivity index (χ1v) is 8.12. The van der Waals surface area contributed by atoms with Crippen LogP contribution in [-0.2, 0) is 23.1 Å². The second-order valence-corrected chi connectivity index (χ2v) is 6.61. The molecule has 2 heterocycles. The van der Waals surface area contributed by atoms with Crippen LogP contribution in [0.1, 0.15) is 25.1 Å². The normalized spacial score (nSPS) is 12.0. The van der Waals surface area contributed by atoms with E-state index in [0.717, 1.165) is 0 Å². The van der Waals surface area contributed by atoms with E-state index in [2.05, 4.69) is 25.2 Å². The lowest BCUT2D eigenvalue weighted by Crippen LogP contribution is -2.27. The van der Waals surface area contributed by atoms with Crippen molar-refractivity contribution in [3.05, 3.63) is 41.9 Å². The van der Waals surface area contributed by atoms with Gasteiger partial charge in [0.1, 0.15) is 0 Å². The molecule has 21 heavy (non-hydrogen) atoms. The molecule has 114 valence electrons. The van der Waals surface area contributed by atoms with E-state index in [1.54, 1.807) is 18.3 Å². The molecule has 0 spiro atoms. The van der Waals surface area contributed by atoms with Crippen molar-refractivity contribution in [2.24, 2.45) is 0 Å². The summed E-state index contributed by atoms with van der Waals surface area (Å²) in [6, 6.07) is 5.61. The van der Waals surface area contributed by atoms with E-state index in [4.69, 9.17) is 0 Å². The van der Waals surface area contributed by atoms with Crippen molar-refractivity contribution < 1.29 is 8.42 Å². The monoisotopic (exact) mass is 309 g/mol. The highest BCUT2D eigenvalue weighted by atomic mass is 32.2. The van der Waals surface area contributed by atoms with E-state index in [1.807, 2.05) is 19.9 Å². The molecule has 2 aromatic heterocycles. The van der Waals surface area contributed by atoms with Crippen LogP contribution in [0.2, 0.25) is 0 Å². The van der Waals surface area contributed by atoms with Gasteiger partial charge < -0.3 is 5.32 Å². The van der Waals surface area contributed by atoms with Crippen molar-refractivity contribution >= 4 is 10.0 Å². The fourth-order valence-electron chi connectivity index (χ4n) is 1.72. The molecule has 0 atom stereocenters. The molecule has 0 bridgehead atoms. The quantitative estimate of drug-likeness (QED) is 0.702. The van der Waals surface area contributed by atoms with Gasteiger partial charge in [-0.2, -0.15) is 5.10 Å². The number of hydrogen-bond acceptors (Lipinski definition) is 5. The molecule has 0 radical (unpaired) electrons. The van der Waals surface area contributed by atoms with Gasteiger partial charge in [0, 0.05) is 24.3 Å². The molecule has 0 fully saturated rings. The number of aromatic amines is 1. The number of pyridine rings is 1. The predicted octanol–water partition coefficient (Wildman–Crippen LogP) is 0.781. The molecule has 0 saturated heterocycles. The zero-order chi connectivity index (χ0) is 15.3. The van der Waals surface area contributed by atoms with Gasteiger partial charge in [-0.1, -0.05) is 19.9 Å². The lowest BCUT2D eigenvalue weighted by molar-refractivity contribution is 0.564. The largest absolute Gasteiger partial charge is 0.310 e. The average Bonchev–Trinajstić information content (AvgIpc) is 2.93. The van der Waals surface area contributed by atoms with Crippen LogP contribution in [0.15, 0.2) is 35.6 Å². The molecule has 3 N–H and O–H groups in total. The maximum absolute atomic E-state index is 12.3. The van der Waals surface area contributed by atoms with Crippen LogP contribution in [0.5, 0.6) is 0 Å². The van der Waals surface area contributed by atoms with E-state index >= 15 is 0 Å². The maximum atomic E-state index is 12.3. The summed E-state index contributed by atoms with van der Waals surface area (Å²) in [6.07, 6.45) is 3.14. The second-order valence-electron chi connectivity index (χ2n) is 4.91. The van der Waals surface area contributed by atoms with Crippen molar-refractivity contribution in [3.63, 3.8) is 0 Å². The number of sulfonamides is 1. The van der Waals surface area contributed by atoms with Gasteiger partial charge in [-0.25, -0.2) is 13.1 Å². The van der Waals surface area contributed by atoms with E-state index in [9.17, 15) is 8.42 Å². The summed E-state index contributed by atoms with van der Waals surface area (Å²) in [5.74, 6) is 0. The SMILES string of the molecule is CC(C)NCc1cn[nH]c1S(=O)(=O)NCc1ccccn1. The first-order valence-electron chi connectivity index (χ1n) is 6.64. The molecular weight excluding hydrogens is 290 g/mol. The fourth-order valence-corrected chi connectivity index (χ4v) is 2.84. The highest BCUT2D eigenvalue weighted by molar-refractivity contribution is 7.89. The van der Waals surface area contributed by atoms with Crippen molar-refractivity contribution in [2.75, 3.05) is 0 Å². The number of nitrogens with zero attached hydrogens (tertiary/aromatic N) is 2. The molecule has 2 aromatic rings. The standard InChI is InChI=1S/C13H19N5O2S/c1-10(2)15-7-11-8-16-18-13(11)21(19,20)17-9-12-5-3-4-6-14-12/h3-6,8,10,15,17H,7,9H2,1-2H3,(H,16,18). The highest BCUT2D eigenvalue weighted by Gasteiger charge is 2.20. The molecule has 0 amide bonds. The van der Waals surface area contributed by atoms with E-state index < -0.39 is 10.0 Å². The smallest absolute Gasteiger partial charge is 0.258 e. The summed E-state index contributed by atoms with van der Waals surface area (Å²) in [5.41, 5.74) is 1.26. The fraction of sp³-hybridized carbons (Fsp3) is 0.385. The Morgan fingerprint density at radius 3 is 2.76 bits per heavy atom. The first kappa shape index (κ1) is 15.6. The van der Waals surface area contributed by atoms with Crippen molar-refractivity contribution in [3.8, 4) is 0 Å². The average molecular weight is 309 g/mol. The third-order valence-corrected chi connectivity index (χ3v) is 4.23. The number of aromatic nitrogens is 3. The van der Waals surface area contributed by atoms with Crippen LogP contribution < -0.4 is 10.0 Å². The Balaban J connectivity index is 2.07. The summed E-state index contributed by atoms with van der Waals surface area (Å²) in [5, 5.41) is 9.63. The molecule has 7 nitrogen and oxygen atoms in total. The molecule has 0 aliphatic carbocycles. The van der Waals surface area contributed by atoms with Crippen molar-refractivity contribution in [2.45, 2.75) is 38.0 Å². The molecule has 0 aliphatic heterocycles. The van der Waals surface area contributed by atoms with Gasteiger partial charge in [0.2, 0.25) is 0 Å². The number of H-pyrrole nitrogens is 1. The Morgan fingerprint density at radius 1 is 1.29 bits per heavy atom. The van der Waals surface area contributed by atoms with Gasteiger partial charge >= 0.3 is 0 Å². The zero-order valence-corrected chi connectivity index (χ0v) is 12.8. The molecule has 0 saturated carbocycles. The molecule has 0 aromatic carbocycles. The summed E-state index contributed by atoms with van der Waals surface area (Å²) >= 11 is 0. The molecule has 0 unspecified atom stereocenters. The Labute approximate surface area is 124 Å². The summed E-state index contributed by atoms with van der Waals surface area (Å²) in [4.78, 5) is 4.08. The van der Waals surface area contributed by atoms with Gasteiger partial charge in [0.25, 0.3) is 10.0 Å². The molecule has 0 aliphatic rings. The Kier molecular flexibility index (Phi) is 5.05. The zero-order valence-electron chi connectivity index (χ0n) is 12.0. The van der Waals surface area contributed by atoms with Crippen molar-refractivity contribution in [1.29, 1.82) is 0 Å². The maximum Gasteiger partial charge on any atom is 0.258 e. The Morgan fingerprint density at radius 2 is 2.10 bits per heavy atom. The first-order chi connectivity index (χ1) is 9.99. The van der Waals surface area contributed by atoms with E-state index in [1.165, 1.54) is 6.20 Å². The minimum Gasteiger partial charge on any atom is -0.310 e. The number of hydrogen-bond donors (Lipinski definition) is 3. The summed E-state index contributed by atoms with van der Waals surface area (Å²) in [6.45, 7) is 4.56. The Hall–Kier alpha value is -1.77. The second kappa shape index (κ2) is 6.79. The van der Waals surface area contributed by atoms with Gasteiger partial charge in [0.15, 0.2) is 5.03 Å². The van der Waals surface area contributed by atoms with E-state index in [0.29, 0.717) is 17.8 Å². The third kappa shape index (κ3) is 4.35. The van der Waals surface area contributed by atoms with E-state index in [-0.39, 0.29) is 17.6 Å².